The largest absolute Gasteiger partial charge is 0.463 e. The van der Waals surface area contributed by atoms with Gasteiger partial charge in [-0.15, -0.1) is 5.10 Å². The topological polar surface area (TPSA) is 69.0 Å². The number of thioether (sulfide) groups is 1. The zero-order chi connectivity index (χ0) is 23.6. The molecule has 0 aliphatic carbocycles. The molecule has 3 aromatic rings. The van der Waals surface area contributed by atoms with E-state index in [2.05, 4.69) is 15.4 Å². The summed E-state index contributed by atoms with van der Waals surface area (Å²) in [5.74, 6) is -0.678. The lowest BCUT2D eigenvalue weighted by Crippen LogP contribution is -2.35. The van der Waals surface area contributed by atoms with Crippen LogP contribution in [0, 0.1) is 0 Å². The number of alkyl halides is 3. The fraction of sp³-hybridized carbons (Fsp3) is 0.227. The average molecular weight is 495 g/mol. The van der Waals surface area contributed by atoms with Crippen molar-refractivity contribution in [1.29, 1.82) is 0 Å². The number of nitrogens with zero attached hydrogens (tertiary/aromatic N) is 3. The molecule has 2 aromatic carbocycles. The number of nitrogens with one attached hydrogen (secondary N) is 1. The first-order chi connectivity index (χ1) is 15.8. The van der Waals surface area contributed by atoms with Crippen LogP contribution in [-0.4, -0.2) is 33.5 Å². The van der Waals surface area contributed by atoms with Crippen molar-refractivity contribution in [3.8, 4) is 0 Å². The van der Waals surface area contributed by atoms with E-state index >= 15 is 0 Å². The Labute approximate surface area is 196 Å². The maximum atomic E-state index is 14.0. The molecule has 0 spiro atoms. The quantitative estimate of drug-likeness (QED) is 0.354. The predicted molar refractivity (Wildman–Crippen MR) is 119 cm³/mol. The zero-order valence-electron chi connectivity index (χ0n) is 17.3. The number of hydrogen-bond donors (Lipinski definition) is 1. The highest BCUT2D eigenvalue weighted by Crippen LogP contribution is 2.42. The number of esters is 1. The van der Waals surface area contributed by atoms with Gasteiger partial charge in [0.1, 0.15) is 11.7 Å². The lowest BCUT2D eigenvalue weighted by molar-refractivity contribution is -0.140. The normalized spacial score (nSPS) is 15.7. The Morgan fingerprint density at radius 2 is 1.88 bits per heavy atom. The minimum Gasteiger partial charge on any atom is -0.463 e. The summed E-state index contributed by atoms with van der Waals surface area (Å²) in [6.45, 7) is 1.45. The molecule has 0 bridgehead atoms. The van der Waals surface area contributed by atoms with Gasteiger partial charge in [-0.2, -0.15) is 18.2 Å². The van der Waals surface area contributed by atoms with Gasteiger partial charge in [0.05, 0.1) is 12.2 Å². The number of fused-ring (bicyclic) bond motifs is 1. The molecule has 2 heterocycles. The standard InChI is InChI=1S/C22H18ClF3N4O2S/c1-2-32-19(31)16-17(14-8-10-15(23)11-9-14)30-20(27-18(16)22(24,25)26)28-21(29-30)33-12-13-6-4-3-5-7-13/h3-11,17H,2,12H2,1H3,(H,27,28,29). The molecule has 1 aromatic heterocycles. The van der Waals surface area contributed by atoms with Crippen molar-refractivity contribution in [3.05, 3.63) is 82.0 Å². The molecule has 1 N–H and O–H groups in total. The molecular weight excluding hydrogens is 477 g/mol. The number of hydrogen-bond acceptors (Lipinski definition) is 6. The Kier molecular flexibility index (Phi) is 6.66. The van der Waals surface area contributed by atoms with Gasteiger partial charge in [0, 0.05) is 10.8 Å². The van der Waals surface area contributed by atoms with Crippen LogP contribution in [0.1, 0.15) is 24.1 Å². The van der Waals surface area contributed by atoms with Crippen LogP contribution in [0.4, 0.5) is 19.1 Å². The smallest absolute Gasteiger partial charge is 0.431 e. The van der Waals surface area contributed by atoms with Crippen molar-refractivity contribution in [1.82, 2.24) is 14.8 Å². The molecule has 1 atom stereocenters. The van der Waals surface area contributed by atoms with Gasteiger partial charge in [-0.25, -0.2) is 9.48 Å². The van der Waals surface area contributed by atoms with Crippen LogP contribution in [0.15, 0.2) is 71.0 Å². The zero-order valence-corrected chi connectivity index (χ0v) is 18.8. The van der Waals surface area contributed by atoms with E-state index in [1.807, 2.05) is 30.3 Å². The van der Waals surface area contributed by atoms with Crippen LogP contribution >= 0.6 is 23.4 Å². The molecule has 172 valence electrons. The molecule has 1 unspecified atom stereocenters. The molecule has 0 saturated heterocycles. The first-order valence-corrected chi connectivity index (χ1v) is 11.3. The lowest BCUT2D eigenvalue weighted by atomic mass is 9.95. The summed E-state index contributed by atoms with van der Waals surface area (Å²) in [5.41, 5.74) is -0.417. The van der Waals surface area contributed by atoms with Crippen LogP contribution in [0.2, 0.25) is 5.02 Å². The SMILES string of the molecule is CCOC(=O)C1=C(C(F)(F)F)Nc2nc(SCc3ccccc3)nn2C1c1ccc(Cl)cc1. The molecule has 6 nitrogen and oxygen atoms in total. The first kappa shape index (κ1) is 23.2. The van der Waals surface area contributed by atoms with Crippen molar-refractivity contribution in [2.75, 3.05) is 11.9 Å². The van der Waals surface area contributed by atoms with E-state index < -0.39 is 29.5 Å². The number of ether oxygens (including phenoxy) is 1. The van der Waals surface area contributed by atoms with Crippen LogP contribution in [0.3, 0.4) is 0 Å². The number of carbonyl (C=O) groups excluding carboxylic acids is 1. The minimum atomic E-state index is -4.85. The van der Waals surface area contributed by atoms with Gasteiger partial charge in [-0.3, -0.25) is 0 Å². The summed E-state index contributed by atoms with van der Waals surface area (Å²) >= 11 is 7.25. The summed E-state index contributed by atoms with van der Waals surface area (Å²) in [6.07, 6.45) is -4.85. The van der Waals surface area contributed by atoms with Gasteiger partial charge in [0.2, 0.25) is 11.1 Å². The second kappa shape index (κ2) is 9.48. The number of allylic oxidation sites excluding steroid dienone is 1. The monoisotopic (exact) mass is 494 g/mol. The highest BCUT2D eigenvalue weighted by molar-refractivity contribution is 7.98. The van der Waals surface area contributed by atoms with Crippen LogP contribution < -0.4 is 5.32 Å². The van der Waals surface area contributed by atoms with E-state index in [-0.39, 0.29) is 17.7 Å². The second-order valence-electron chi connectivity index (χ2n) is 7.02. The van der Waals surface area contributed by atoms with Crippen molar-refractivity contribution in [2.24, 2.45) is 0 Å². The van der Waals surface area contributed by atoms with E-state index in [1.54, 1.807) is 12.1 Å². The van der Waals surface area contributed by atoms with Gasteiger partial charge < -0.3 is 10.1 Å². The number of anilines is 1. The summed E-state index contributed by atoms with van der Waals surface area (Å²) < 4.78 is 48.3. The highest BCUT2D eigenvalue weighted by Gasteiger charge is 2.46. The number of benzene rings is 2. The molecule has 33 heavy (non-hydrogen) atoms. The Bertz CT molecular complexity index is 1180. The molecule has 0 amide bonds. The van der Waals surface area contributed by atoms with E-state index in [4.69, 9.17) is 16.3 Å². The van der Waals surface area contributed by atoms with E-state index in [1.165, 1.54) is 35.5 Å². The minimum absolute atomic E-state index is 0.0802. The maximum absolute atomic E-state index is 14.0. The van der Waals surface area contributed by atoms with Crippen LogP contribution in [0.25, 0.3) is 0 Å². The number of carbonyl (C=O) groups is 1. The van der Waals surface area contributed by atoms with Gasteiger partial charge in [0.15, 0.2) is 0 Å². The van der Waals surface area contributed by atoms with Crippen LogP contribution in [0.5, 0.6) is 0 Å². The molecule has 4 rings (SSSR count). The summed E-state index contributed by atoms with van der Waals surface area (Å²) in [7, 11) is 0. The summed E-state index contributed by atoms with van der Waals surface area (Å²) in [4.78, 5) is 17.0. The number of aromatic nitrogens is 3. The fourth-order valence-electron chi connectivity index (χ4n) is 3.39. The molecule has 0 saturated carbocycles. The fourth-order valence-corrected chi connectivity index (χ4v) is 4.30. The third kappa shape index (κ3) is 5.01. The molecule has 1 aliphatic rings. The third-order valence-corrected chi connectivity index (χ3v) is 5.97. The first-order valence-electron chi connectivity index (χ1n) is 9.92. The van der Waals surface area contributed by atoms with Crippen molar-refractivity contribution in [3.63, 3.8) is 0 Å². The average Bonchev–Trinajstić information content (AvgIpc) is 3.20. The number of halogens is 4. The van der Waals surface area contributed by atoms with Crippen molar-refractivity contribution in [2.45, 2.75) is 30.1 Å². The van der Waals surface area contributed by atoms with Gasteiger partial charge in [-0.05, 0) is 30.2 Å². The summed E-state index contributed by atoms with van der Waals surface area (Å²) in [5, 5.41) is 7.36. The lowest BCUT2D eigenvalue weighted by Gasteiger charge is -2.30. The highest BCUT2D eigenvalue weighted by atomic mass is 35.5. The second-order valence-corrected chi connectivity index (χ2v) is 8.40. The molecule has 0 fully saturated rings. The van der Waals surface area contributed by atoms with Gasteiger partial charge >= 0.3 is 12.1 Å². The van der Waals surface area contributed by atoms with Crippen LogP contribution in [-0.2, 0) is 15.3 Å². The maximum Gasteiger partial charge on any atom is 0.431 e. The molecule has 0 radical (unpaired) electrons. The Morgan fingerprint density at radius 3 is 2.52 bits per heavy atom. The Hall–Kier alpha value is -2.98. The number of rotatable bonds is 6. The molecule has 11 heteroatoms. The van der Waals surface area contributed by atoms with E-state index in [0.717, 1.165) is 5.56 Å². The Balaban J connectivity index is 1.79. The third-order valence-electron chi connectivity index (χ3n) is 4.81. The van der Waals surface area contributed by atoms with Crippen molar-refractivity contribution < 1.29 is 22.7 Å². The van der Waals surface area contributed by atoms with Crippen molar-refractivity contribution >= 4 is 35.3 Å². The predicted octanol–water partition coefficient (Wildman–Crippen LogP) is 5.62. The van der Waals surface area contributed by atoms with E-state index in [0.29, 0.717) is 16.3 Å². The van der Waals surface area contributed by atoms with Gasteiger partial charge in [-0.1, -0.05) is 65.8 Å². The van der Waals surface area contributed by atoms with E-state index in [9.17, 15) is 18.0 Å². The molecule has 1 aliphatic heterocycles. The van der Waals surface area contributed by atoms with Gasteiger partial charge in [0.25, 0.3) is 0 Å². The molecular formula is C22H18ClF3N4O2S. The summed E-state index contributed by atoms with van der Waals surface area (Å²) in [6, 6.07) is 14.5. The Morgan fingerprint density at radius 1 is 1.18 bits per heavy atom.